The molecule has 0 aliphatic rings. The minimum Gasteiger partial charge on any atom is -0.478 e. The zero-order valence-corrected chi connectivity index (χ0v) is 9.99. The third-order valence-corrected chi connectivity index (χ3v) is 1.85. The summed E-state index contributed by atoms with van der Waals surface area (Å²) in [5.41, 5.74) is -0.0566. The fourth-order valence-electron chi connectivity index (χ4n) is 0.945. The van der Waals surface area contributed by atoms with Crippen LogP contribution in [0.5, 0.6) is 0 Å². The number of rotatable bonds is 7. The van der Waals surface area contributed by atoms with Crippen molar-refractivity contribution in [1.29, 1.82) is 0 Å². The molecule has 0 heterocycles. The monoisotopic (exact) mass is 243 g/mol. The Bertz CT molecular complexity index is 322. The second kappa shape index (κ2) is 8.32. The van der Waals surface area contributed by atoms with E-state index in [2.05, 4.69) is 10.1 Å². The zero-order chi connectivity index (χ0) is 13.3. The lowest BCUT2D eigenvalue weighted by Crippen LogP contribution is -2.29. The van der Waals surface area contributed by atoms with Gasteiger partial charge in [-0.25, -0.2) is 9.59 Å². The number of amides is 1. The molecular formula is C11H17NO5. The molecular weight excluding hydrogens is 226 g/mol. The van der Waals surface area contributed by atoms with Gasteiger partial charge in [-0.05, 0) is 13.3 Å². The Balaban J connectivity index is 3.91. The smallest absolute Gasteiger partial charge is 0.334 e. The first-order valence-corrected chi connectivity index (χ1v) is 5.32. The van der Waals surface area contributed by atoms with Gasteiger partial charge in [-0.15, -0.1) is 0 Å². The van der Waals surface area contributed by atoms with Crippen LogP contribution in [0.25, 0.3) is 0 Å². The second-order valence-corrected chi connectivity index (χ2v) is 3.45. The summed E-state index contributed by atoms with van der Waals surface area (Å²) in [7, 11) is 0. The molecule has 1 amide bonds. The van der Waals surface area contributed by atoms with Crippen LogP contribution in [0.4, 0.5) is 0 Å². The van der Waals surface area contributed by atoms with Gasteiger partial charge < -0.3 is 15.2 Å². The molecule has 0 aromatic heterocycles. The zero-order valence-electron chi connectivity index (χ0n) is 9.99. The third-order valence-electron chi connectivity index (χ3n) is 1.85. The van der Waals surface area contributed by atoms with Crippen molar-refractivity contribution in [3.05, 3.63) is 11.6 Å². The first-order valence-electron chi connectivity index (χ1n) is 5.32. The second-order valence-electron chi connectivity index (χ2n) is 3.45. The van der Waals surface area contributed by atoms with Crippen molar-refractivity contribution >= 4 is 17.8 Å². The number of unbranched alkanes of at least 4 members (excludes halogenated alkanes) is 1. The fraction of sp³-hybridized carbons (Fsp3) is 0.545. The van der Waals surface area contributed by atoms with Crippen molar-refractivity contribution in [3.8, 4) is 0 Å². The summed E-state index contributed by atoms with van der Waals surface area (Å²) in [5, 5.41) is 11.0. The molecule has 0 aliphatic heterocycles. The van der Waals surface area contributed by atoms with E-state index in [9.17, 15) is 14.4 Å². The molecule has 0 saturated heterocycles. The van der Waals surface area contributed by atoms with Crippen molar-refractivity contribution in [1.82, 2.24) is 5.32 Å². The fourth-order valence-corrected chi connectivity index (χ4v) is 0.945. The lowest BCUT2D eigenvalue weighted by Gasteiger charge is -2.05. The molecule has 2 N–H and O–H groups in total. The van der Waals surface area contributed by atoms with E-state index in [4.69, 9.17) is 5.11 Å². The Hall–Kier alpha value is -1.85. The van der Waals surface area contributed by atoms with Crippen molar-refractivity contribution in [3.63, 3.8) is 0 Å². The molecule has 17 heavy (non-hydrogen) atoms. The van der Waals surface area contributed by atoms with E-state index in [-0.39, 0.29) is 5.57 Å². The molecule has 0 aromatic carbocycles. The molecule has 6 nitrogen and oxygen atoms in total. The number of carboxylic acid groups (broad SMARTS) is 1. The van der Waals surface area contributed by atoms with Gasteiger partial charge in [0.2, 0.25) is 0 Å². The van der Waals surface area contributed by atoms with E-state index in [1.807, 2.05) is 6.92 Å². The van der Waals surface area contributed by atoms with Crippen molar-refractivity contribution in [2.45, 2.75) is 26.7 Å². The average Bonchev–Trinajstić information content (AvgIpc) is 2.25. The molecule has 0 spiro atoms. The summed E-state index contributed by atoms with van der Waals surface area (Å²) in [4.78, 5) is 32.6. The molecule has 0 bridgehead atoms. The minimum absolute atomic E-state index is 0.0566. The summed E-state index contributed by atoms with van der Waals surface area (Å²) >= 11 is 0. The predicted molar refractivity (Wildman–Crippen MR) is 60.3 cm³/mol. The van der Waals surface area contributed by atoms with Crippen LogP contribution in [-0.2, 0) is 19.1 Å². The van der Waals surface area contributed by atoms with Crippen LogP contribution in [0, 0.1) is 0 Å². The van der Waals surface area contributed by atoms with Crippen LogP contribution < -0.4 is 5.32 Å². The summed E-state index contributed by atoms with van der Waals surface area (Å²) < 4.78 is 4.61. The Kier molecular flexibility index (Phi) is 7.41. The summed E-state index contributed by atoms with van der Waals surface area (Å²) in [6.07, 6.45) is 2.55. The van der Waals surface area contributed by atoms with Gasteiger partial charge in [-0.1, -0.05) is 13.3 Å². The van der Waals surface area contributed by atoms with Crippen LogP contribution in [-0.4, -0.2) is 36.1 Å². The maximum absolute atomic E-state index is 11.2. The average molecular weight is 243 g/mol. The van der Waals surface area contributed by atoms with Gasteiger partial charge >= 0.3 is 11.9 Å². The van der Waals surface area contributed by atoms with Gasteiger partial charge in [0.05, 0.1) is 0 Å². The largest absolute Gasteiger partial charge is 0.478 e. The van der Waals surface area contributed by atoms with Gasteiger partial charge in [0.1, 0.15) is 0 Å². The standard InChI is InChI=1S/C11H17NO5/c1-3-4-5-12-9(13)7-17-11(16)8(2)6-10(14)15/h6H,3-5,7H2,1-2H3,(H,12,13)(H,14,15). The molecule has 6 heteroatoms. The Morgan fingerprint density at radius 3 is 2.53 bits per heavy atom. The van der Waals surface area contributed by atoms with Gasteiger partial charge in [0.25, 0.3) is 5.91 Å². The molecule has 0 rings (SSSR count). The lowest BCUT2D eigenvalue weighted by molar-refractivity contribution is -0.145. The Labute approximate surface area is 99.6 Å². The number of esters is 1. The lowest BCUT2D eigenvalue weighted by atomic mass is 10.3. The van der Waals surface area contributed by atoms with E-state index < -0.39 is 24.5 Å². The molecule has 0 atom stereocenters. The number of hydrogen-bond donors (Lipinski definition) is 2. The molecule has 0 fully saturated rings. The van der Waals surface area contributed by atoms with Crippen LogP contribution in [0.1, 0.15) is 26.7 Å². The number of ether oxygens (including phenoxy) is 1. The molecule has 0 unspecified atom stereocenters. The van der Waals surface area contributed by atoms with Crippen molar-refractivity contribution in [2.75, 3.05) is 13.2 Å². The SMILES string of the molecule is CCCCNC(=O)COC(=O)C(C)=CC(=O)O. The first-order chi connectivity index (χ1) is 7.97. The van der Waals surface area contributed by atoms with E-state index in [1.165, 1.54) is 6.92 Å². The predicted octanol–water partition coefficient (Wildman–Crippen LogP) is 0.477. The van der Waals surface area contributed by atoms with Gasteiger partial charge in [-0.2, -0.15) is 0 Å². The van der Waals surface area contributed by atoms with Crippen LogP contribution in [0.2, 0.25) is 0 Å². The summed E-state index contributed by atoms with van der Waals surface area (Å²) in [5.74, 6) is -2.43. The van der Waals surface area contributed by atoms with Crippen LogP contribution in [0.15, 0.2) is 11.6 Å². The van der Waals surface area contributed by atoms with E-state index in [0.717, 1.165) is 18.9 Å². The highest BCUT2D eigenvalue weighted by molar-refractivity contribution is 5.96. The van der Waals surface area contributed by atoms with Crippen molar-refractivity contribution in [2.24, 2.45) is 0 Å². The quantitative estimate of drug-likeness (QED) is 0.385. The molecule has 0 saturated carbocycles. The molecule has 0 radical (unpaired) electrons. The normalized spacial score (nSPS) is 10.8. The van der Waals surface area contributed by atoms with Gasteiger partial charge in [0, 0.05) is 18.2 Å². The van der Waals surface area contributed by atoms with Crippen LogP contribution in [0.3, 0.4) is 0 Å². The van der Waals surface area contributed by atoms with Crippen molar-refractivity contribution < 1.29 is 24.2 Å². The maximum atomic E-state index is 11.2. The number of carbonyl (C=O) groups is 3. The van der Waals surface area contributed by atoms with Crippen LogP contribution >= 0.6 is 0 Å². The first kappa shape index (κ1) is 15.2. The molecule has 96 valence electrons. The number of carbonyl (C=O) groups excluding carboxylic acids is 2. The topological polar surface area (TPSA) is 92.7 Å². The highest BCUT2D eigenvalue weighted by Gasteiger charge is 2.10. The Morgan fingerprint density at radius 1 is 1.35 bits per heavy atom. The van der Waals surface area contributed by atoms with E-state index >= 15 is 0 Å². The summed E-state index contributed by atoms with van der Waals surface area (Å²) in [6.45, 7) is 3.45. The maximum Gasteiger partial charge on any atom is 0.334 e. The van der Waals surface area contributed by atoms with Gasteiger partial charge in [0.15, 0.2) is 6.61 Å². The number of hydrogen-bond acceptors (Lipinski definition) is 4. The number of nitrogens with one attached hydrogen (secondary N) is 1. The van der Waals surface area contributed by atoms with E-state index in [0.29, 0.717) is 6.54 Å². The number of carboxylic acids is 1. The summed E-state index contributed by atoms with van der Waals surface area (Å²) in [6, 6.07) is 0. The van der Waals surface area contributed by atoms with E-state index in [1.54, 1.807) is 0 Å². The molecule has 0 aliphatic carbocycles. The number of aliphatic carboxylic acids is 1. The minimum atomic E-state index is -1.23. The third kappa shape index (κ3) is 8.01. The highest BCUT2D eigenvalue weighted by atomic mass is 16.5. The van der Waals surface area contributed by atoms with Gasteiger partial charge in [-0.3, -0.25) is 4.79 Å². The Morgan fingerprint density at radius 2 is 2.00 bits per heavy atom. The highest BCUT2D eigenvalue weighted by Crippen LogP contribution is 1.96. The molecule has 0 aromatic rings.